The zero-order valence-corrected chi connectivity index (χ0v) is 17.8. The lowest BCUT2D eigenvalue weighted by atomic mass is 10.1. The Bertz CT molecular complexity index is 1380. The molecule has 4 rings (SSSR count). The Labute approximate surface area is 182 Å². The molecule has 0 spiro atoms. The number of fused-ring (bicyclic) bond motifs is 1. The third kappa shape index (κ3) is 4.04. The molecular formula is C23H21FN4O4. The highest BCUT2D eigenvalue weighted by Gasteiger charge is 2.14. The summed E-state index contributed by atoms with van der Waals surface area (Å²) in [5, 5.41) is 7.16. The second-order valence-electron chi connectivity index (χ2n) is 7.17. The van der Waals surface area contributed by atoms with E-state index in [4.69, 9.17) is 9.47 Å². The van der Waals surface area contributed by atoms with Crippen molar-refractivity contribution in [1.82, 2.24) is 14.2 Å². The molecule has 1 N–H and O–H groups in total. The minimum Gasteiger partial charge on any atom is -0.493 e. The topological polar surface area (TPSA) is 86.9 Å². The van der Waals surface area contributed by atoms with Gasteiger partial charge in [-0.25, -0.2) is 8.91 Å². The van der Waals surface area contributed by atoms with Crippen LogP contribution in [0.25, 0.3) is 16.8 Å². The monoisotopic (exact) mass is 436 g/mol. The van der Waals surface area contributed by atoms with Crippen molar-refractivity contribution in [3.63, 3.8) is 0 Å². The van der Waals surface area contributed by atoms with E-state index in [1.807, 2.05) is 6.07 Å². The average molecular weight is 436 g/mol. The summed E-state index contributed by atoms with van der Waals surface area (Å²) >= 11 is 0. The van der Waals surface area contributed by atoms with Gasteiger partial charge in [0.15, 0.2) is 11.5 Å². The number of hydrogen-bond donors (Lipinski definition) is 1. The van der Waals surface area contributed by atoms with Crippen LogP contribution in [0.2, 0.25) is 0 Å². The van der Waals surface area contributed by atoms with E-state index >= 15 is 0 Å². The van der Waals surface area contributed by atoms with Crippen molar-refractivity contribution in [2.45, 2.75) is 13.5 Å². The molecule has 9 heteroatoms. The lowest BCUT2D eigenvalue weighted by Crippen LogP contribution is -2.28. The van der Waals surface area contributed by atoms with E-state index in [0.29, 0.717) is 34.0 Å². The molecule has 0 saturated carbocycles. The molecule has 32 heavy (non-hydrogen) atoms. The first-order valence-electron chi connectivity index (χ1n) is 9.77. The van der Waals surface area contributed by atoms with Crippen molar-refractivity contribution in [2.24, 2.45) is 0 Å². The molecule has 0 aliphatic carbocycles. The normalized spacial score (nSPS) is 10.9. The Kier molecular flexibility index (Phi) is 5.63. The number of nitrogens with zero attached hydrogens (tertiary/aromatic N) is 3. The van der Waals surface area contributed by atoms with E-state index in [9.17, 15) is 14.0 Å². The fourth-order valence-electron chi connectivity index (χ4n) is 3.40. The number of benzene rings is 2. The smallest absolute Gasteiger partial charge is 0.277 e. The van der Waals surface area contributed by atoms with Crippen LogP contribution in [0, 0.1) is 12.7 Å². The number of hydrogen-bond acceptors (Lipinski definition) is 5. The molecular weight excluding hydrogens is 415 g/mol. The molecule has 0 radical (unpaired) electrons. The number of halogens is 1. The Morgan fingerprint density at radius 1 is 1.06 bits per heavy atom. The van der Waals surface area contributed by atoms with Gasteiger partial charge in [-0.2, -0.15) is 5.10 Å². The van der Waals surface area contributed by atoms with Crippen LogP contribution in [0.1, 0.15) is 5.56 Å². The maximum Gasteiger partial charge on any atom is 0.277 e. The first-order valence-corrected chi connectivity index (χ1v) is 9.77. The van der Waals surface area contributed by atoms with Gasteiger partial charge < -0.3 is 19.4 Å². The molecule has 164 valence electrons. The number of aromatic nitrogens is 3. The van der Waals surface area contributed by atoms with E-state index in [-0.39, 0.29) is 17.9 Å². The molecule has 8 nitrogen and oxygen atoms in total. The molecule has 0 unspecified atom stereocenters. The summed E-state index contributed by atoms with van der Waals surface area (Å²) in [4.78, 5) is 25.4. The molecule has 2 heterocycles. The van der Waals surface area contributed by atoms with Crippen LogP contribution in [-0.4, -0.2) is 34.3 Å². The van der Waals surface area contributed by atoms with Gasteiger partial charge in [-0.15, -0.1) is 0 Å². The first-order chi connectivity index (χ1) is 15.4. The van der Waals surface area contributed by atoms with Crippen molar-refractivity contribution < 1.29 is 18.7 Å². The summed E-state index contributed by atoms with van der Waals surface area (Å²) in [6.45, 7) is 1.50. The summed E-state index contributed by atoms with van der Waals surface area (Å²) < 4.78 is 26.6. The van der Waals surface area contributed by atoms with E-state index in [2.05, 4.69) is 10.4 Å². The number of carbonyl (C=O) groups excluding carboxylic acids is 1. The molecule has 0 saturated heterocycles. The number of aryl methyl sites for hydroxylation is 1. The Morgan fingerprint density at radius 3 is 2.56 bits per heavy atom. The van der Waals surface area contributed by atoms with Gasteiger partial charge in [0.2, 0.25) is 5.91 Å². The van der Waals surface area contributed by atoms with E-state index in [1.54, 1.807) is 45.5 Å². The van der Waals surface area contributed by atoms with Gasteiger partial charge in [-0.05, 0) is 55.0 Å². The SMILES string of the molecule is COc1ccc(-c2cc3c(=O)n(CC(=O)Nc4ccc(F)cc4C)ccn3n2)cc1OC. The van der Waals surface area contributed by atoms with Crippen molar-refractivity contribution >= 4 is 17.1 Å². The third-order valence-corrected chi connectivity index (χ3v) is 5.06. The van der Waals surface area contributed by atoms with Gasteiger partial charge >= 0.3 is 0 Å². The molecule has 0 aliphatic heterocycles. The number of ether oxygens (including phenoxy) is 2. The number of carbonyl (C=O) groups is 1. The second kappa shape index (κ2) is 8.54. The average Bonchev–Trinajstić information content (AvgIpc) is 3.22. The summed E-state index contributed by atoms with van der Waals surface area (Å²) in [6.07, 6.45) is 3.11. The van der Waals surface area contributed by atoms with E-state index < -0.39 is 5.91 Å². The highest BCUT2D eigenvalue weighted by molar-refractivity contribution is 5.91. The van der Waals surface area contributed by atoms with Crippen LogP contribution in [0.5, 0.6) is 11.5 Å². The summed E-state index contributed by atoms with van der Waals surface area (Å²) in [5.74, 6) is 0.357. The van der Waals surface area contributed by atoms with Crippen LogP contribution in [0.3, 0.4) is 0 Å². The predicted octanol–water partition coefficient (Wildman–Crippen LogP) is 3.27. The fraction of sp³-hybridized carbons (Fsp3) is 0.174. The van der Waals surface area contributed by atoms with Crippen molar-refractivity contribution in [3.05, 3.63) is 76.6 Å². The van der Waals surface area contributed by atoms with Gasteiger partial charge in [-0.1, -0.05) is 0 Å². The predicted molar refractivity (Wildman–Crippen MR) is 118 cm³/mol. The quantitative estimate of drug-likeness (QED) is 0.501. The fourth-order valence-corrected chi connectivity index (χ4v) is 3.40. The zero-order valence-electron chi connectivity index (χ0n) is 17.8. The lowest BCUT2D eigenvalue weighted by Gasteiger charge is -2.10. The molecule has 2 aromatic carbocycles. The molecule has 1 amide bonds. The number of rotatable bonds is 6. The maximum atomic E-state index is 13.3. The molecule has 2 aromatic heterocycles. The van der Waals surface area contributed by atoms with E-state index in [0.717, 1.165) is 5.56 Å². The molecule has 0 aliphatic rings. The minimum atomic E-state index is -0.397. The van der Waals surface area contributed by atoms with Crippen LogP contribution in [0.4, 0.5) is 10.1 Å². The number of nitrogens with one attached hydrogen (secondary N) is 1. The van der Waals surface area contributed by atoms with Crippen molar-refractivity contribution in [3.8, 4) is 22.8 Å². The molecule has 0 fully saturated rings. The van der Waals surface area contributed by atoms with E-state index in [1.165, 1.54) is 33.5 Å². The number of methoxy groups -OCH3 is 2. The van der Waals surface area contributed by atoms with Gasteiger partial charge in [0, 0.05) is 23.6 Å². The van der Waals surface area contributed by atoms with Crippen molar-refractivity contribution in [2.75, 3.05) is 19.5 Å². The first kappa shape index (κ1) is 21.1. The lowest BCUT2D eigenvalue weighted by molar-refractivity contribution is -0.116. The second-order valence-corrected chi connectivity index (χ2v) is 7.17. The largest absolute Gasteiger partial charge is 0.493 e. The minimum absolute atomic E-state index is 0.191. The Morgan fingerprint density at radius 2 is 1.84 bits per heavy atom. The Hall–Kier alpha value is -4.14. The van der Waals surface area contributed by atoms with Gasteiger partial charge in [0.05, 0.1) is 19.9 Å². The zero-order chi connectivity index (χ0) is 22.8. The van der Waals surface area contributed by atoms with Crippen LogP contribution in [0.15, 0.2) is 59.7 Å². The van der Waals surface area contributed by atoms with Gasteiger partial charge in [-0.3, -0.25) is 9.59 Å². The summed E-state index contributed by atoms with van der Waals surface area (Å²) in [5.41, 5.74) is 2.37. The Balaban J connectivity index is 1.61. The van der Waals surface area contributed by atoms with Crippen LogP contribution < -0.4 is 20.3 Å². The van der Waals surface area contributed by atoms with Crippen LogP contribution in [-0.2, 0) is 11.3 Å². The highest BCUT2D eigenvalue weighted by Crippen LogP contribution is 2.31. The number of anilines is 1. The van der Waals surface area contributed by atoms with Crippen LogP contribution >= 0.6 is 0 Å². The third-order valence-electron chi connectivity index (χ3n) is 5.06. The molecule has 0 bridgehead atoms. The molecule has 4 aromatic rings. The van der Waals surface area contributed by atoms with Crippen molar-refractivity contribution in [1.29, 1.82) is 0 Å². The van der Waals surface area contributed by atoms with Gasteiger partial charge in [0.1, 0.15) is 17.9 Å². The maximum absolute atomic E-state index is 13.3. The molecule has 0 atom stereocenters. The summed E-state index contributed by atoms with van der Waals surface area (Å²) in [7, 11) is 3.10. The summed E-state index contributed by atoms with van der Waals surface area (Å²) in [6, 6.07) is 11.1. The number of amides is 1. The standard InChI is InChI=1S/C23H21FN4O4/c1-14-10-16(24)5-6-17(14)25-22(29)13-27-8-9-28-19(23(27)30)12-18(26-28)15-4-7-20(31-2)21(11-15)32-3/h4-12H,13H2,1-3H3,(H,25,29). The highest BCUT2D eigenvalue weighted by atomic mass is 19.1. The van der Waals surface area contributed by atoms with Gasteiger partial charge in [0.25, 0.3) is 5.56 Å².